The van der Waals surface area contributed by atoms with Crippen LogP contribution in [0.1, 0.15) is 24.2 Å². The number of rotatable bonds is 4. The Morgan fingerprint density at radius 3 is 2.61 bits per heavy atom. The number of hydrogen-bond donors (Lipinski definition) is 1. The summed E-state index contributed by atoms with van der Waals surface area (Å²) < 4.78 is 26.1. The van der Waals surface area contributed by atoms with E-state index in [2.05, 4.69) is 10.3 Å². The zero-order valence-corrected chi connectivity index (χ0v) is 10.0. The van der Waals surface area contributed by atoms with Gasteiger partial charge in [0.05, 0.1) is 17.9 Å². The van der Waals surface area contributed by atoms with Crippen molar-refractivity contribution in [3.8, 4) is 0 Å². The lowest BCUT2D eigenvalue weighted by Gasteiger charge is -2.17. The van der Waals surface area contributed by atoms with E-state index in [4.69, 9.17) is 0 Å². The molecule has 1 heterocycles. The summed E-state index contributed by atoms with van der Waals surface area (Å²) in [7, 11) is 0. The molecule has 2 nitrogen and oxygen atoms in total. The third kappa shape index (κ3) is 2.90. The molecule has 0 amide bonds. The number of aromatic nitrogens is 1. The lowest BCUT2D eigenvalue weighted by Crippen LogP contribution is -2.23. The summed E-state index contributed by atoms with van der Waals surface area (Å²) >= 11 is 0. The molecule has 0 aliphatic heterocycles. The number of benzene rings is 1. The lowest BCUT2D eigenvalue weighted by atomic mass is 10.0. The average Bonchev–Trinajstić information content (AvgIpc) is 2.37. The Labute approximate surface area is 105 Å². The maximum atomic E-state index is 13.2. The van der Waals surface area contributed by atoms with Crippen LogP contribution in [0, 0.1) is 11.6 Å². The quantitative estimate of drug-likeness (QED) is 0.899. The number of pyridine rings is 1. The van der Waals surface area contributed by atoms with Gasteiger partial charge in [0.2, 0.25) is 0 Å². The molecule has 0 saturated carbocycles. The second-order valence-corrected chi connectivity index (χ2v) is 3.95. The third-order valence-electron chi connectivity index (χ3n) is 2.64. The summed E-state index contributed by atoms with van der Waals surface area (Å²) in [4.78, 5) is 4.04. The molecule has 0 aliphatic carbocycles. The van der Waals surface area contributed by atoms with Crippen molar-refractivity contribution in [1.82, 2.24) is 10.3 Å². The van der Waals surface area contributed by atoms with Gasteiger partial charge in [-0.15, -0.1) is 0 Å². The minimum Gasteiger partial charge on any atom is -0.305 e. The first-order valence-corrected chi connectivity index (χ1v) is 5.81. The monoisotopic (exact) mass is 248 g/mol. The van der Waals surface area contributed by atoms with Crippen LogP contribution in [0.15, 0.2) is 42.6 Å². The van der Waals surface area contributed by atoms with E-state index in [1.165, 1.54) is 24.4 Å². The van der Waals surface area contributed by atoms with Crippen LogP contribution in [-0.2, 0) is 0 Å². The summed E-state index contributed by atoms with van der Waals surface area (Å²) in [6, 6.07) is 9.05. The smallest absolute Gasteiger partial charge is 0.141 e. The molecule has 0 radical (unpaired) electrons. The van der Waals surface area contributed by atoms with Gasteiger partial charge < -0.3 is 5.32 Å². The zero-order valence-electron chi connectivity index (χ0n) is 10.0. The molecule has 94 valence electrons. The first-order chi connectivity index (χ1) is 8.70. The van der Waals surface area contributed by atoms with Crippen molar-refractivity contribution in [3.63, 3.8) is 0 Å². The molecule has 1 N–H and O–H groups in total. The second kappa shape index (κ2) is 5.69. The highest BCUT2D eigenvalue weighted by molar-refractivity contribution is 5.28. The number of nitrogens with zero attached hydrogens (tertiary/aromatic N) is 1. The predicted octanol–water partition coefficient (Wildman–Crippen LogP) is 3.06. The van der Waals surface area contributed by atoms with Crippen LogP contribution >= 0.6 is 0 Å². The molecular formula is C14H14F2N2. The second-order valence-electron chi connectivity index (χ2n) is 3.95. The summed E-state index contributed by atoms with van der Waals surface area (Å²) in [5.74, 6) is -0.675. The van der Waals surface area contributed by atoms with Gasteiger partial charge in [-0.05, 0) is 36.4 Å². The SMILES string of the molecule is CCNC(c1cccc(F)c1)c1ccc(F)cn1. The standard InChI is InChI=1S/C14H14F2N2/c1-2-17-14(10-4-3-5-11(15)8-10)13-7-6-12(16)9-18-13/h3-9,14,17H,2H2,1H3. The maximum absolute atomic E-state index is 13.2. The molecule has 0 fully saturated rings. The summed E-state index contributed by atoms with van der Waals surface area (Å²) in [5.41, 5.74) is 1.44. The Hall–Kier alpha value is -1.81. The van der Waals surface area contributed by atoms with E-state index in [0.29, 0.717) is 12.2 Å². The van der Waals surface area contributed by atoms with Crippen LogP contribution < -0.4 is 5.32 Å². The van der Waals surface area contributed by atoms with Crippen molar-refractivity contribution in [1.29, 1.82) is 0 Å². The summed E-state index contributed by atoms with van der Waals surface area (Å²) in [6.07, 6.45) is 1.17. The summed E-state index contributed by atoms with van der Waals surface area (Å²) in [6.45, 7) is 2.66. The molecule has 0 saturated heterocycles. The number of halogens is 2. The predicted molar refractivity (Wildman–Crippen MR) is 66.1 cm³/mol. The molecule has 0 bridgehead atoms. The van der Waals surface area contributed by atoms with Crippen molar-refractivity contribution >= 4 is 0 Å². The summed E-state index contributed by atoms with van der Waals surface area (Å²) in [5, 5.41) is 3.21. The molecule has 1 aromatic heterocycles. The highest BCUT2D eigenvalue weighted by atomic mass is 19.1. The maximum Gasteiger partial charge on any atom is 0.141 e. The normalized spacial score (nSPS) is 12.4. The minimum atomic E-state index is -0.381. The van der Waals surface area contributed by atoms with Crippen LogP contribution in [-0.4, -0.2) is 11.5 Å². The van der Waals surface area contributed by atoms with Gasteiger partial charge in [0.15, 0.2) is 0 Å². The third-order valence-corrected chi connectivity index (χ3v) is 2.64. The van der Waals surface area contributed by atoms with Crippen LogP contribution in [0.4, 0.5) is 8.78 Å². The van der Waals surface area contributed by atoms with Gasteiger partial charge in [-0.25, -0.2) is 8.78 Å². The number of nitrogens with one attached hydrogen (secondary N) is 1. The first kappa shape index (κ1) is 12.6. The van der Waals surface area contributed by atoms with Crippen LogP contribution in [0.2, 0.25) is 0 Å². The van der Waals surface area contributed by atoms with Crippen molar-refractivity contribution in [2.75, 3.05) is 6.54 Å². The van der Waals surface area contributed by atoms with Crippen molar-refractivity contribution < 1.29 is 8.78 Å². The Bertz CT molecular complexity index is 511. The van der Waals surface area contributed by atoms with E-state index < -0.39 is 0 Å². The van der Waals surface area contributed by atoms with Gasteiger partial charge in [-0.1, -0.05) is 19.1 Å². The van der Waals surface area contributed by atoms with Gasteiger partial charge in [0.1, 0.15) is 11.6 Å². The highest BCUT2D eigenvalue weighted by Gasteiger charge is 2.14. The molecule has 1 atom stereocenters. The molecule has 0 aliphatic rings. The molecule has 18 heavy (non-hydrogen) atoms. The van der Waals surface area contributed by atoms with E-state index in [1.54, 1.807) is 12.1 Å². The van der Waals surface area contributed by atoms with Crippen LogP contribution in [0.5, 0.6) is 0 Å². The van der Waals surface area contributed by atoms with Crippen molar-refractivity contribution in [2.24, 2.45) is 0 Å². The van der Waals surface area contributed by atoms with Crippen LogP contribution in [0.3, 0.4) is 0 Å². The van der Waals surface area contributed by atoms with Gasteiger partial charge in [-0.2, -0.15) is 0 Å². The fraction of sp³-hybridized carbons (Fsp3) is 0.214. The Morgan fingerprint density at radius 2 is 2.00 bits per heavy atom. The zero-order chi connectivity index (χ0) is 13.0. The Morgan fingerprint density at radius 1 is 1.17 bits per heavy atom. The van der Waals surface area contributed by atoms with Gasteiger partial charge in [0.25, 0.3) is 0 Å². The van der Waals surface area contributed by atoms with E-state index >= 15 is 0 Å². The molecule has 0 spiro atoms. The van der Waals surface area contributed by atoms with Crippen molar-refractivity contribution in [2.45, 2.75) is 13.0 Å². The average molecular weight is 248 g/mol. The van der Waals surface area contributed by atoms with Crippen LogP contribution in [0.25, 0.3) is 0 Å². The molecule has 2 rings (SSSR count). The number of hydrogen-bond acceptors (Lipinski definition) is 2. The van der Waals surface area contributed by atoms with E-state index in [-0.39, 0.29) is 17.7 Å². The van der Waals surface area contributed by atoms with Gasteiger partial charge in [-0.3, -0.25) is 4.98 Å². The molecule has 1 unspecified atom stereocenters. The highest BCUT2D eigenvalue weighted by Crippen LogP contribution is 2.21. The largest absolute Gasteiger partial charge is 0.305 e. The lowest BCUT2D eigenvalue weighted by molar-refractivity contribution is 0.585. The molecule has 1 aromatic carbocycles. The molecular weight excluding hydrogens is 234 g/mol. The first-order valence-electron chi connectivity index (χ1n) is 5.81. The van der Waals surface area contributed by atoms with E-state index in [9.17, 15) is 8.78 Å². The minimum absolute atomic E-state index is 0.230. The Balaban J connectivity index is 2.36. The van der Waals surface area contributed by atoms with Gasteiger partial charge in [0, 0.05) is 0 Å². The van der Waals surface area contributed by atoms with Crippen molar-refractivity contribution in [3.05, 3.63) is 65.5 Å². The Kier molecular flexibility index (Phi) is 3.99. The molecule has 2 aromatic rings. The molecule has 4 heteroatoms. The van der Waals surface area contributed by atoms with E-state index in [0.717, 1.165) is 5.56 Å². The fourth-order valence-electron chi connectivity index (χ4n) is 1.84. The van der Waals surface area contributed by atoms with Gasteiger partial charge >= 0.3 is 0 Å². The van der Waals surface area contributed by atoms with E-state index in [1.807, 2.05) is 13.0 Å². The fourth-order valence-corrected chi connectivity index (χ4v) is 1.84. The topological polar surface area (TPSA) is 24.9 Å².